The minimum absolute atomic E-state index is 0.0522. The Labute approximate surface area is 203 Å². The van der Waals surface area contributed by atoms with Crippen molar-refractivity contribution in [3.05, 3.63) is 27.2 Å². The summed E-state index contributed by atoms with van der Waals surface area (Å²) in [5, 5.41) is 11.5. The number of nitrogens with zero attached hydrogens (tertiary/aromatic N) is 5. The molecule has 4 heterocycles. The van der Waals surface area contributed by atoms with Gasteiger partial charge in [-0.15, -0.1) is 0 Å². The van der Waals surface area contributed by atoms with E-state index in [0.29, 0.717) is 45.3 Å². The number of imidazole rings is 1. The number of hydrogen-bond acceptors (Lipinski definition) is 8. The molecule has 2 saturated heterocycles. The Balaban J connectivity index is 1.48. The number of aromatic nitrogens is 4. The van der Waals surface area contributed by atoms with Crippen LogP contribution in [0.4, 0.5) is 0 Å². The first-order valence-corrected chi connectivity index (χ1v) is 12.2. The fraction of sp³-hybridized carbons (Fsp3) is 0.739. The van der Waals surface area contributed by atoms with Crippen molar-refractivity contribution in [3.8, 4) is 0 Å². The highest BCUT2D eigenvalue weighted by Gasteiger charge is 2.50. The van der Waals surface area contributed by atoms with E-state index < -0.39 is 34.5 Å². The molecule has 2 aromatic rings. The van der Waals surface area contributed by atoms with Crippen LogP contribution in [0, 0.1) is 0 Å². The Morgan fingerprint density at radius 3 is 2.57 bits per heavy atom. The summed E-state index contributed by atoms with van der Waals surface area (Å²) in [4.78, 5) is 44.0. The van der Waals surface area contributed by atoms with Gasteiger partial charge < -0.3 is 30.8 Å². The second-order valence-electron chi connectivity index (χ2n) is 10.3. The van der Waals surface area contributed by atoms with Crippen molar-refractivity contribution < 1.29 is 14.6 Å². The predicted octanol–water partition coefficient (Wildman–Crippen LogP) is -1.04. The minimum atomic E-state index is -1.20. The standard InChI is InChI=1S/C23H37N7O5/c1-22(34)13-23(7-10-29(11-8-23)19(31)15(25)6-4-5-9-24)35-12-16(22)30-14-26-18-17(30)20(32)28(3)21(33)27(18)2/h14-16,34H,4-13,24-25H2,1-3H3/t15-,16+,22+/m0/s1. The van der Waals surface area contributed by atoms with Gasteiger partial charge in [0.05, 0.1) is 36.2 Å². The van der Waals surface area contributed by atoms with E-state index in [9.17, 15) is 19.5 Å². The molecule has 0 bridgehead atoms. The van der Waals surface area contributed by atoms with Crippen LogP contribution in [-0.2, 0) is 23.6 Å². The Bertz CT molecular complexity index is 1210. The summed E-state index contributed by atoms with van der Waals surface area (Å²) in [6.45, 7) is 3.54. The number of aryl methyl sites for hydroxylation is 1. The molecule has 2 aromatic heterocycles. The third-order valence-corrected chi connectivity index (χ3v) is 7.73. The van der Waals surface area contributed by atoms with Crippen LogP contribution in [0.15, 0.2) is 15.9 Å². The van der Waals surface area contributed by atoms with E-state index in [-0.39, 0.29) is 23.7 Å². The molecule has 2 fully saturated rings. The number of piperidine rings is 1. The Hall–Kier alpha value is -2.54. The van der Waals surface area contributed by atoms with Gasteiger partial charge in [0.25, 0.3) is 5.56 Å². The van der Waals surface area contributed by atoms with Gasteiger partial charge in [-0.2, -0.15) is 0 Å². The zero-order chi connectivity index (χ0) is 25.5. The third kappa shape index (κ3) is 4.55. The zero-order valence-corrected chi connectivity index (χ0v) is 20.8. The number of nitrogens with two attached hydrogens (primary N) is 2. The van der Waals surface area contributed by atoms with E-state index >= 15 is 0 Å². The molecule has 0 aromatic carbocycles. The van der Waals surface area contributed by atoms with Crippen LogP contribution in [-0.4, -0.2) is 78.1 Å². The van der Waals surface area contributed by atoms with E-state index in [1.54, 1.807) is 23.4 Å². The average molecular weight is 492 g/mol. The molecular formula is C23H37N7O5. The molecule has 1 amide bonds. The maximum Gasteiger partial charge on any atom is 0.332 e. The van der Waals surface area contributed by atoms with E-state index in [1.165, 1.54) is 17.9 Å². The molecule has 2 aliphatic rings. The van der Waals surface area contributed by atoms with Crippen LogP contribution in [0.5, 0.6) is 0 Å². The SMILES string of the molecule is Cn1c(=O)c2c(ncn2[C@@H]2COC3(CCN(C(=O)[C@@H](N)CCCCN)CC3)C[C@@]2(C)O)n(C)c1=O. The predicted molar refractivity (Wildman–Crippen MR) is 130 cm³/mol. The van der Waals surface area contributed by atoms with Gasteiger partial charge in [0.2, 0.25) is 5.91 Å². The fourth-order valence-corrected chi connectivity index (χ4v) is 5.56. The highest BCUT2D eigenvalue weighted by Crippen LogP contribution is 2.44. The van der Waals surface area contributed by atoms with Crippen LogP contribution in [0.3, 0.4) is 0 Å². The summed E-state index contributed by atoms with van der Waals surface area (Å²) in [6, 6.07) is -1.08. The maximum atomic E-state index is 12.9. The molecule has 12 heteroatoms. The highest BCUT2D eigenvalue weighted by atomic mass is 16.5. The van der Waals surface area contributed by atoms with Crippen molar-refractivity contribution in [2.24, 2.45) is 25.6 Å². The number of aliphatic hydroxyl groups is 1. The fourth-order valence-electron chi connectivity index (χ4n) is 5.56. The lowest BCUT2D eigenvalue weighted by atomic mass is 9.75. The molecule has 12 nitrogen and oxygen atoms in total. The second-order valence-corrected chi connectivity index (χ2v) is 10.3. The molecule has 35 heavy (non-hydrogen) atoms. The van der Waals surface area contributed by atoms with Crippen LogP contribution in [0.25, 0.3) is 11.2 Å². The molecule has 0 aliphatic carbocycles. The smallest absolute Gasteiger partial charge is 0.332 e. The van der Waals surface area contributed by atoms with Crippen molar-refractivity contribution in [1.82, 2.24) is 23.6 Å². The van der Waals surface area contributed by atoms with Crippen LogP contribution >= 0.6 is 0 Å². The molecule has 194 valence electrons. The second kappa shape index (κ2) is 9.49. The summed E-state index contributed by atoms with van der Waals surface area (Å²) in [6.07, 6.45) is 5.32. The number of carbonyl (C=O) groups is 1. The highest BCUT2D eigenvalue weighted by molar-refractivity contribution is 5.81. The third-order valence-electron chi connectivity index (χ3n) is 7.73. The molecule has 0 unspecified atom stereocenters. The molecule has 5 N–H and O–H groups in total. The molecule has 3 atom stereocenters. The van der Waals surface area contributed by atoms with Gasteiger partial charge >= 0.3 is 5.69 Å². The first-order chi connectivity index (χ1) is 16.5. The number of rotatable bonds is 6. The molecule has 4 rings (SSSR count). The number of fused-ring (bicyclic) bond motifs is 1. The zero-order valence-electron chi connectivity index (χ0n) is 20.8. The number of ether oxygens (including phenoxy) is 1. The molecule has 0 saturated carbocycles. The summed E-state index contributed by atoms with van der Waals surface area (Å²) < 4.78 is 10.3. The Morgan fingerprint density at radius 1 is 1.26 bits per heavy atom. The van der Waals surface area contributed by atoms with E-state index in [2.05, 4.69) is 4.98 Å². The first-order valence-electron chi connectivity index (χ1n) is 12.2. The lowest BCUT2D eigenvalue weighted by Gasteiger charge is -2.51. The van der Waals surface area contributed by atoms with Gasteiger partial charge in [-0.3, -0.25) is 18.7 Å². The number of carbonyl (C=O) groups excluding carboxylic acids is 1. The Morgan fingerprint density at radius 2 is 1.94 bits per heavy atom. The molecule has 2 aliphatic heterocycles. The largest absolute Gasteiger partial charge is 0.388 e. The molecule has 0 radical (unpaired) electrons. The molecule has 1 spiro atoms. The van der Waals surface area contributed by atoms with Crippen molar-refractivity contribution in [1.29, 1.82) is 0 Å². The summed E-state index contributed by atoms with van der Waals surface area (Å²) in [7, 11) is 2.98. The topological polar surface area (TPSA) is 164 Å². The quantitative estimate of drug-likeness (QED) is 0.432. The number of amides is 1. The van der Waals surface area contributed by atoms with Crippen molar-refractivity contribution >= 4 is 17.1 Å². The van der Waals surface area contributed by atoms with Gasteiger partial charge in [-0.1, -0.05) is 6.42 Å². The van der Waals surface area contributed by atoms with Gasteiger partial charge in [-0.05, 0) is 39.2 Å². The summed E-state index contributed by atoms with van der Waals surface area (Å²) >= 11 is 0. The summed E-state index contributed by atoms with van der Waals surface area (Å²) in [5.74, 6) is -0.0522. The van der Waals surface area contributed by atoms with Gasteiger partial charge in [0, 0.05) is 33.6 Å². The minimum Gasteiger partial charge on any atom is -0.388 e. The summed E-state index contributed by atoms with van der Waals surface area (Å²) in [5.41, 5.74) is 9.46. The van der Waals surface area contributed by atoms with Crippen molar-refractivity contribution in [2.75, 3.05) is 26.2 Å². The van der Waals surface area contributed by atoms with Gasteiger partial charge in [0.15, 0.2) is 11.2 Å². The number of likely N-dealkylation sites (tertiary alicyclic amines) is 1. The van der Waals surface area contributed by atoms with Crippen LogP contribution < -0.4 is 22.7 Å². The lowest BCUT2D eigenvalue weighted by Crippen LogP contribution is -2.59. The monoisotopic (exact) mass is 491 g/mol. The van der Waals surface area contributed by atoms with Crippen LogP contribution in [0.2, 0.25) is 0 Å². The van der Waals surface area contributed by atoms with Gasteiger partial charge in [0.1, 0.15) is 0 Å². The Kier molecular flexibility index (Phi) is 6.93. The number of unbranched alkanes of at least 4 members (excludes halogenated alkanes) is 1. The van der Waals surface area contributed by atoms with Crippen LogP contribution in [0.1, 0.15) is 51.5 Å². The van der Waals surface area contributed by atoms with E-state index in [0.717, 1.165) is 17.4 Å². The first kappa shape index (κ1) is 25.5. The van der Waals surface area contributed by atoms with Gasteiger partial charge in [-0.25, -0.2) is 9.78 Å². The number of hydrogen-bond donors (Lipinski definition) is 3. The van der Waals surface area contributed by atoms with E-state index in [4.69, 9.17) is 16.2 Å². The van der Waals surface area contributed by atoms with E-state index in [1.807, 2.05) is 0 Å². The maximum absolute atomic E-state index is 12.9. The normalized spacial score (nSPS) is 25.3. The van der Waals surface area contributed by atoms with Crippen molar-refractivity contribution in [3.63, 3.8) is 0 Å². The molecular weight excluding hydrogens is 454 g/mol. The lowest BCUT2D eigenvalue weighted by molar-refractivity contribution is -0.197. The average Bonchev–Trinajstić information content (AvgIpc) is 3.25. The van der Waals surface area contributed by atoms with Crippen molar-refractivity contribution in [2.45, 2.75) is 68.7 Å².